The van der Waals surface area contributed by atoms with E-state index in [0.29, 0.717) is 6.61 Å². The Hall–Kier alpha value is -1.55. The fraction of sp³-hybridized carbons (Fsp3) is 0.708. The summed E-state index contributed by atoms with van der Waals surface area (Å²) in [6.07, 6.45) is 6.06. The van der Waals surface area contributed by atoms with Crippen LogP contribution in [0.25, 0.3) is 0 Å². The number of amides is 1. The zero-order valence-electron chi connectivity index (χ0n) is 19.0. The van der Waals surface area contributed by atoms with Crippen molar-refractivity contribution < 1.29 is 9.53 Å². The van der Waals surface area contributed by atoms with Gasteiger partial charge in [-0.2, -0.15) is 0 Å². The number of hydrogen-bond donors (Lipinski definition) is 0. The molecule has 0 saturated heterocycles. The third kappa shape index (κ3) is 8.64. The molecular formula is C24H42N2O2. The first-order chi connectivity index (χ1) is 13.4. The monoisotopic (exact) mass is 390 g/mol. The Morgan fingerprint density at radius 1 is 0.857 bits per heavy atom. The van der Waals surface area contributed by atoms with E-state index < -0.39 is 0 Å². The van der Waals surface area contributed by atoms with Crippen LogP contribution in [0, 0.1) is 0 Å². The molecule has 0 atom stereocenters. The van der Waals surface area contributed by atoms with Crippen molar-refractivity contribution in [3.63, 3.8) is 0 Å². The van der Waals surface area contributed by atoms with Crippen LogP contribution in [-0.4, -0.2) is 54.0 Å². The van der Waals surface area contributed by atoms with Gasteiger partial charge in [-0.3, -0.25) is 4.79 Å². The number of benzene rings is 1. The van der Waals surface area contributed by atoms with Crippen LogP contribution in [0.4, 0.5) is 0 Å². The molecule has 4 heteroatoms. The molecule has 0 spiro atoms. The van der Waals surface area contributed by atoms with Gasteiger partial charge in [-0.15, -0.1) is 0 Å². The maximum Gasteiger partial charge on any atom is 0.254 e. The Bertz CT molecular complexity index is 524. The maximum absolute atomic E-state index is 12.7. The van der Waals surface area contributed by atoms with E-state index in [-0.39, 0.29) is 18.0 Å². The first-order valence-electron chi connectivity index (χ1n) is 11.2. The number of ether oxygens (including phenoxy) is 1. The van der Waals surface area contributed by atoms with Crippen LogP contribution >= 0.6 is 0 Å². The van der Waals surface area contributed by atoms with Crippen molar-refractivity contribution in [1.29, 1.82) is 0 Å². The predicted octanol–water partition coefficient (Wildman–Crippen LogP) is 5.62. The van der Waals surface area contributed by atoms with Gasteiger partial charge in [-0.05, 0) is 84.3 Å². The van der Waals surface area contributed by atoms with Crippen LogP contribution in [-0.2, 0) is 0 Å². The molecule has 0 saturated carbocycles. The predicted molar refractivity (Wildman–Crippen MR) is 119 cm³/mol. The maximum atomic E-state index is 12.7. The lowest BCUT2D eigenvalue weighted by Crippen LogP contribution is -2.42. The van der Waals surface area contributed by atoms with Crippen molar-refractivity contribution in [3.8, 4) is 5.75 Å². The molecule has 1 aromatic rings. The van der Waals surface area contributed by atoms with Crippen LogP contribution in [0.3, 0.4) is 0 Å². The van der Waals surface area contributed by atoms with Gasteiger partial charge in [0.1, 0.15) is 5.75 Å². The molecule has 28 heavy (non-hydrogen) atoms. The van der Waals surface area contributed by atoms with Gasteiger partial charge >= 0.3 is 0 Å². The van der Waals surface area contributed by atoms with Crippen LogP contribution in [0.1, 0.15) is 84.0 Å². The van der Waals surface area contributed by atoms with Gasteiger partial charge < -0.3 is 14.5 Å². The van der Waals surface area contributed by atoms with Gasteiger partial charge in [-0.1, -0.05) is 26.7 Å². The lowest BCUT2D eigenvalue weighted by Gasteiger charge is -2.30. The van der Waals surface area contributed by atoms with Crippen molar-refractivity contribution in [1.82, 2.24) is 9.80 Å². The van der Waals surface area contributed by atoms with Gasteiger partial charge in [0.15, 0.2) is 0 Å². The molecule has 0 aliphatic rings. The minimum Gasteiger partial charge on any atom is -0.494 e. The first-order valence-corrected chi connectivity index (χ1v) is 11.2. The van der Waals surface area contributed by atoms with Gasteiger partial charge in [0.05, 0.1) is 6.61 Å². The third-order valence-corrected chi connectivity index (χ3v) is 4.99. The van der Waals surface area contributed by atoms with Crippen LogP contribution < -0.4 is 4.74 Å². The smallest absolute Gasteiger partial charge is 0.254 e. The summed E-state index contributed by atoms with van der Waals surface area (Å²) < 4.78 is 5.90. The highest BCUT2D eigenvalue weighted by molar-refractivity contribution is 5.94. The van der Waals surface area contributed by atoms with Crippen LogP contribution in [0.2, 0.25) is 0 Å². The highest BCUT2D eigenvalue weighted by Gasteiger charge is 2.21. The Labute approximate surface area is 173 Å². The Balaban J connectivity index is 2.48. The minimum absolute atomic E-state index is 0.0824. The number of carbonyl (C=O) groups is 1. The van der Waals surface area contributed by atoms with E-state index in [1.54, 1.807) is 0 Å². The summed E-state index contributed by atoms with van der Waals surface area (Å²) in [5, 5.41) is 0. The van der Waals surface area contributed by atoms with E-state index in [0.717, 1.165) is 24.3 Å². The van der Waals surface area contributed by atoms with E-state index >= 15 is 0 Å². The van der Waals surface area contributed by atoms with Crippen molar-refractivity contribution in [2.45, 2.75) is 85.7 Å². The lowest BCUT2D eigenvalue weighted by atomic mass is 10.1. The summed E-state index contributed by atoms with van der Waals surface area (Å²) in [6.45, 7) is 16.9. The fourth-order valence-electron chi connectivity index (χ4n) is 3.49. The van der Waals surface area contributed by atoms with Gasteiger partial charge in [0.2, 0.25) is 0 Å². The summed E-state index contributed by atoms with van der Waals surface area (Å²) in [5.41, 5.74) is 0.722. The highest BCUT2D eigenvalue weighted by atomic mass is 16.5. The first kappa shape index (κ1) is 24.5. The molecule has 0 aromatic heterocycles. The average molecular weight is 391 g/mol. The van der Waals surface area contributed by atoms with Crippen molar-refractivity contribution >= 4 is 5.91 Å². The molecule has 1 aromatic carbocycles. The number of unbranched alkanes of at least 4 members (excludes halogenated alkanes) is 2. The second-order valence-corrected chi connectivity index (χ2v) is 8.18. The van der Waals surface area contributed by atoms with E-state index in [4.69, 9.17) is 4.74 Å². The van der Waals surface area contributed by atoms with Crippen molar-refractivity contribution in [3.05, 3.63) is 29.8 Å². The van der Waals surface area contributed by atoms with Crippen molar-refractivity contribution in [2.24, 2.45) is 0 Å². The van der Waals surface area contributed by atoms with Gasteiger partial charge in [-0.25, -0.2) is 0 Å². The Kier molecular flexibility index (Phi) is 11.9. The molecule has 1 rings (SSSR count). The second kappa shape index (κ2) is 13.6. The van der Waals surface area contributed by atoms with E-state index in [9.17, 15) is 4.79 Å². The summed E-state index contributed by atoms with van der Waals surface area (Å²) in [6, 6.07) is 7.96. The molecule has 0 heterocycles. The lowest BCUT2D eigenvalue weighted by molar-refractivity contribution is 0.0643. The average Bonchev–Trinajstić information content (AvgIpc) is 2.66. The zero-order chi connectivity index (χ0) is 20.9. The molecule has 4 nitrogen and oxygen atoms in total. The molecular weight excluding hydrogens is 348 g/mol. The number of nitrogens with zero attached hydrogens (tertiary/aromatic N) is 2. The molecule has 0 aliphatic heterocycles. The molecule has 0 bridgehead atoms. The number of rotatable bonds is 14. The third-order valence-electron chi connectivity index (χ3n) is 4.99. The fourth-order valence-corrected chi connectivity index (χ4v) is 3.49. The standard InChI is InChI=1S/C24H42N2O2/c1-7-9-16-25(17-10-8-2)18-11-19-28-23-14-12-22(13-15-23)24(27)26(20(3)4)21(5)6/h12-15,20-21H,7-11,16-19H2,1-6H3. The second-order valence-electron chi connectivity index (χ2n) is 8.18. The Morgan fingerprint density at radius 3 is 1.82 bits per heavy atom. The van der Waals surface area contributed by atoms with Gasteiger partial charge in [0, 0.05) is 24.2 Å². The topological polar surface area (TPSA) is 32.8 Å². The quantitative estimate of drug-likeness (QED) is 0.387. The largest absolute Gasteiger partial charge is 0.494 e. The molecule has 0 N–H and O–H groups in total. The highest BCUT2D eigenvalue weighted by Crippen LogP contribution is 2.17. The van der Waals surface area contributed by atoms with E-state index in [2.05, 4.69) is 46.4 Å². The van der Waals surface area contributed by atoms with Crippen LogP contribution in [0.15, 0.2) is 24.3 Å². The minimum atomic E-state index is 0.0824. The molecule has 0 aliphatic carbocycles. The normalized spacial score (nSPS) is 11.5. The molecule has 160 valence electrons. The summed E-state index contributed by atoms with van der Waals surface area (Å²) >= 11 is 0. The Morgan fingerprint density at radius 2 is 1.36 bits per heavy atom. The molecule has 1 amide bonds. The molecule has 0 radical (unpaired) electrons. The van der Waals surface area contributed by atoms with E-state index in [1.807, 2.05) is 29.2 Å². The summed E-state index contributed by atoms with van der Waals surface area (Å²) in [5.74, 6) is 0.921. The number of carbonyl (C=O) groups excluding carboxylic acids is 1. The van der Waals surface area contributed by atoms with E-state index in [1.165, 1.54) is 38.8 Å². The summed E-state index contributed by atoms with van der Waals surface area (Å²) in [4.78, 5) is 17.2. The summed E-state index contributed by atoms with van der Waals surface area (Å²) in [7, 11) is 0. The molecule has 0 unspecified atom stereocenters. The zero-order valence-corrected chi connectivity index (χ0v) is 19.0. The SMILES string of the molecule is CCCCN(CCCC)CCCOc1ccc(C(=O)N(C(C)C)C(C)C)cc1. The van der Waals surface area contributed by atoms with Crippen LogP contribution in [0.5, 0.6) is 5.75 Å². The van der Waals surface area contributed by atoms with Crippen molar-refractivity contribution in [2.75, 3.05) is 26.2 Å². The van der Waals surface area contributed by atoms with Gasteiger partial charge in [0.25, 0.3) is 5.91 Å². The molecule has 0 fully saturated rings. The number of hydrogen-bond acceptors (Lipinski definition) is 3.